The number of hydrogen-bond donors (Lipinski definition) is 1. The van der Waals surface area contributed by atoms with E-state index in [1.807, 2.05) is 27.0 Å². The van der Waals surface area contributed by atoms with E-state index in [-0.39, 0.29) is 11.4 Å². The summed E-state index contributed by atoms with van der Waals surface area (Å²) in [7, 11) is 0. The second-order valence-corrected chi connectivity index (χ2v) is 7.08. The Morgan fingerprint density at radius 3 is 2.86 bits per heavy atom. The summed E-state index contributed by atoms with van der Waals surface area (Å²) in [6.45, 7) is 10.4. The highest BCUT2D eigenvalue weighted by molar-refractivity contribution is 8.13. The van der Waals surface area contributed by atoms with Crippen molar-refractivity contribution >= 4 is 22.8 Å². The first-order valence-corrected chi connectivity index (χ1v) is 8.56. The largest absolute Gasteiger partial charge is 0.377 e. The Morgan fingerprint density at radius 1 is 1.52 bits per heavy atom. The number of amides is 1. The molecule has 2 heterocycles. The van der Waals surface area contributed by atoms with Crippen LogP contribution in [0.15, 0.2) is 16.3 Å². The van der Waals surface area contributed by atoms with E-state index in [1.54, 1.807) is 11.8 Å². The van der Waals surface area contributed by atoms with E-state index in [4.69, 9.17) is 9.73 Å². The number of amidine groups is 1. The molecule has 2 rings (SSSR count). The van der Waals surface area contributed by atoms with Crippen LogP contribution in [0.4, 0.5) is 0 Å². The van der Waals surface area contributed by atoms with Crippen molar-refractivity contribution in [3.63, 3.8) is 0 Å². The van der Waals surface area contributed by atoms with Crippen molar-refractivity contribution in [1.82, 2.24) is 10.2 Å². The molecular weight excluding hydrogens is 286 g/mol. The van der Waals surface area contributed by atoms with Crippen LogP contribution in [0, 0.1) is 0 Å². The van der Waals surface area contributed by atoms with E-state index in [9.17, 15) is 4.79 Å². The van der Waals surface area contributed by atoms with Crippen LogP contribution >= 0.6 is 11.8 Å². The summed E-state index contributed by atoms with van der Waals surface area (Å²) in [4.78, 5) is 19.1. The van der Waals surface area contributed by atoms with Crippen LogP contribution in [-0.4, -0.2) is 53.6 Å². The quantitative estimate of drug-likeness (QED) is 0.594. The third-order valence-corrected chi connectivity index (χ3v) is 4.55. The molecule has 5 nitrogen and oxygen atoms in total. The molecule has 1 fully saturated rings. The smallest absolute Gasteiger partial charge is 0.249 e. The minimum Gasteiger partial charge on any atom is -0.377 e. The first kappa shape index (κ1) is 16.4. The van der Waals surface area contributed by atoms with Gasteiger partial charge in [0, 0.05) is 24.1 Å². The lowest BCUT2D eigenvalue weighted by molar-refractivity contribution is -0.119. The monoisotopic (exact) mass is 311 g/mol. The van der Waals surface area contributed by atoms with E-state index in [2.05, 4.69) is 17.1 Å². The zero-order valence-electron chi connectivity index (χ0n) is 13.5. The first-order chi connectivity index (χ1) is 9.84. The molecular formula is C15H25N3O2S. The molecule has 1 saturated heterocycles. The van der Waals surface area contributed by atoms with Crippen molar-refractivity contribution in [3.05, 3.63) is 11.3 Å². The summed E-state index contributed by atoms with van der Waals surface area (Å²) >= 11 is 1.63. The van der Waals surface area contributed by atoms with Crippen LogP contribution in [0.2, 0.25) is 0 Å². The standard InChI is InChI=1S/C15H25N3O2S/c1-10-9-20-7-6-18(10)14(21-5)16-12-8-15(3,4)17-13(19)11(12)2/h10H,6-9H2,1-5H3,(H,17,19). The predicted octanol–water partition coefficient (Wildman–Crippen LogP) is 2.00. The molecule has 21 heavy (non-hydrogen) atoms. The number of nitrogens with one attached hydrogen (secondary N) is 1. The lowest BCUT2D eigenvalue weighted by Gasteiger charge is -2.36. The van der Waals surface area contributed by atoms with Crippen molar-refractivity contribution in [2.45, 2.75) is 45.7 Å². The molecule has 0 radical (unpaired) electrons. The maximum atomic E-state index is 12.1. The molecule has 1 unspecified atom stereocenters. The summed E-state index contributed by atoms with van der Waals surface area (Å²) in [6.07, 6.45) is 2.79. The molecule has 0 aliphatic carbocycles. The average Bonchev–Trinajstić information content (AvgIpc) is 2.41. The second kappa shape index (κ2) is 6.40. The topological polar surface area (TPSA) is 53.9 Å². The van der Waals surface area contributed by atoms with Gasteiger partial charge in [-0.15, -0.1) is 0 Å². The van der Waals surface area contributed by atoms with Crippen molar-refractivity contribution < 1.29 is 9.53 Å². The molecule has 1 N–H and O–H groups in total. The highest BCUT2D eigenvalue weighted by atomic mass is 32.2. The fraction of sp³-hybridized carbons (Fsp3) is 0.733. The van der Waals surface area contributed by atoms with Gasteiger partial charge in [0.15, 0.2) is 5.17 Å². The van der Waals surface area contributed by atoms with E-state index >= 15 is 0 Å². The molecule has 2 aliphatic rings. The van der Waals surface area contributed by atoms with Crippen molar-refractivity contribution in [3.8, 4) is 0 Å². The highest BCUT2D eigenvalue weighted by Gasteiger charge is 2.31. The number of carbonyl (C=O) groups excluding carboxylic acids is 1. The molecule has 1 amide bonds. The molecule has 0 aromatic carbocycles. The Kier molecular flexibility index (Phi) is 4.99. The second-order valence-electron chi connectivity index (χ2n) is 6.30. The van der Waals surface area contributed by atoms with Gasteiger partial charge < -0.3 is 15.0 Å². The fourth-order valence-corrected chi connectivity index (χ4v) is 3.31. The molecule has 2 aliphatic heterocycles. The number of ether oxygens (including phenoxy) is 1. The van der Waals surface area contributed by atoms with Gasteiger partial charge in [-0.25, -0.2) is 4.99 Å². The van der Waals surface area contributed by atoms with Gasteiger partial charge in [0.1, 0.15) is 0 Å². The molecule has 118 valence electrons. The van der Waals surface area contributed by atoms with Gasteiger partial charge in [0.25, 0.3) is 0 Å². The number of carbonyl (C=O) groups is 1. The molecule has 0 spiro atoms. The van der Waals surface area contributed by atoms with Crippen molar-refractivity contribution in [1.29, 1.82) is 0 Å². The van der Waals surface area contributed by atoms with Gasteiger partial charge in [0.2, 0.25) is 5.91 Å². The lowest BCUT2D eigenvalue weighted by atomic mass is 9.92. The third-order valence-electron chi connectivity index (χ3n) is 3.86. The minimum atomic E-state index is -0.241. The Labute approximate surface area is 131 Å². The zero-order valence-corrected chi connectivity index (χ0v) is 14.3. The van der Waals surface area contributed by atoms with Gasteiger partial charge in [0.05, 0.1) is 25.0 Å². The van der Waals surface area contributed by atoms with Crippen LogP contribution in [0.5, 0.6) is 0 Å². The minimum absolute atomic E-state index is 0.0134. The van der Waals surface area contributed by atoms with E-state index in [1.165, 1.54) is 0 Å². The van der Waals surface area contributed by atoms with Crippen LogP contribution in [0.25, 0.3) is 0 Å². The van der Waals surface area contributed by atoms with Crippen molar-refractivity contribution in [2.75, 3.05) is 26.0 Å². The Morgan fingerprint density at radius 2 is 2.24 bits per heavy atom. The van der Waals surface area contributed by atoms with E-state index < -0.39 is 0 Å². The van der Waals surface area contributed by atoms with Gasteiger partial charge in [-0.3, -0.25) is 4.79 Å². The number of thioether (sulfide) groups is 1. The summed E-state index contributed by atoms with van der Waals surface area (Å²) in [5, 5.41) is 3.99. The van der Waals surface area contributed by atoms with Gasteiger partial charge in [-0.05, 0) is 34.0 Å². The first-order valence-electron chi connectivity index (χ1n) is 7.33. The van der Waals surface area contributed by atoms with Gasteiger partial charge >= 0.3 is 0 Å². The van der Waals surface area contributed by atoms with E-state index in [0.717, 1.165) is 42.6 Å². The van der Waals surface area contributed by atoms with Gasteiger partial charge in [-0.1, -0.05) is 11.8 Å². The number of nitrogens with zero attached hydrogens (tertiary/aromatic N) is 2. The molecule has 0 saturated carbocycles. The fourth-order valence-electron chi connectivity index (χ4n) is 2.60. The number of hydrogen-bond acceptors (Lipinski definition) is 4. The average molecular weight is 311 g/mol. The normalized spacial score (nSPS) is 26.9. The SMILES string of the molecule is CSC(=NC1=C(C)C(=O)NC(C)(C)C1)N1CCOCC1C. The van der Waals surface area contributed by atoms with Gasteiger partial charge in [-0.2, -0.15) is 0 Å². The van der Waals surface area contributed by atoms with Crippen LogP contribution in [0.3, 0.4) is 0 Å². The molecule has 0 aromatic rings. The maximum absolute atomic E-state index is 12.1. The predicted molar refractivity (Wildman–Crippen MR) is 87.5 cm³/mol. The van der Waals surface area contributed by atoms with E-state index in [0.29, 0.717) is 6.04 Å². The van der Waals surface area contributed by atoms with Crippen LogP contribution in [0.1, 0.15) is 34.1 Å². The summed E-state index contributed by atoms with van der Waals surface area (Å²) in [6, 6.07) is 0.316. The van der Waals surface area contributed by atoms with Crippen molar-refractivity contribution in [2.24, 2.45) is 4.99 Å². The summed E-state index contributed by atoms with van der Waals surface area (Å²) in [5.41, 5.74) is 1.38. The zero-order chi connectivity index (χ0) is 15.6. The number of morpholine rings is 1. The van der Waals surface area contributed by atoms with Crippen LogP contribution in [-0.2, 0) is 9.53 Å². The van der Waals surface area contributed by atoms with Crippen LogP contribution < -0.4 is 5.32 Å². The lowest BCUT2D eigenvalue weighted by Crippen LogP contribution is -2.48. The Balaban J connectivity index is 2.30. The number of aliphatic imine (C=N–C) groups is 1. The molecule has 1 atom stereocenters. The highest BCUT2D eigenvalue weighted by Crippen LogP contribution is 2.27. The Hall–Kier alpha value is -1.01. The number of rotatable bonds is 1. The molecule has 0 aromatic heterocycles. The third kappa shape index (κ3) is 3.80. The molecule has 6 heteroatoms. The summed E-state index contributed by atoms with van der Waals surface area (Å²) < 4.78 is 5.49. The summed E-state index contributed by atoms with van der Waals surface area (Å²) in [5.74, 6) is -0.0134. The maximum Gasteiger partial charge on any atom is 0.249 e. The Bertz CT molecular complexity index is 485. The molecule has 0 bridgehead atoms.